The minimum Gasteiger partial charge on any atom is -0.480 e. The first-order valence-electron chi connectivity index (χ1n) is 12.6. The summed E-state index contributed by atoms with van der Waals surface area (Å²) in [6, 6.07) is 26.8. The number of hydrogen-bond acceptors (Lipinski definition) is 4. The number of carbonyl (C=O) groups excluding carboxylic acids is 1. The Morgan fingerprint density at radius 2 is 1.46 bits per heavy atom. The van der Waals surface area contributed by atoms with E-state index in [1.807, 2.05) is 54.6 Å². The molecule has 0 radical (unpaired) electrons. The van der Waals surface area contributed by atoms with Gasteiger partial charge in [0.15, 0.2) is 0 Å². The fourth-order valence-corrected chi connectivity index (χ4v) is 4.29. The lowest BCUT2D eigenvalue weighted by molar-refractivity contribution is -0.139. The molecular weight excluding hydrogens is 533 g/mol. The van der Waals surface area contributed by atoms with Crippen molar-refractivity contribution in [2.24, 2.45) is 0 Å². The molecule has 6 nitrogen and oxygen atoms in total. The molecule has 0 saturated carbocycles. The van der Waals surface area contributed by atoms with Gasteiger partial charge in [-0.15, -0.1) is 0 Å². The average Bonchev–Trinajstić information content (AvgIpc) is 2.97. The second kappa shape index (κ2) is 11.5. The maximum absolute atomic E-state index is 13.0. The number of nitrogens with one attached hydrogen (secondary N) is 1. The average molecular weight is 557 g/mol. The lowest BCUT2D eigenvalue weighted by Crippen LogP contribution is -2.42. The molecule has 1 aromatic heterocycles. The zero-order valence-corrected chi connectivity index (χ0v) is 21.4. The van der Waals surface area contributed by atoms with Crippen LogP contribution < -0.4 is 10.1 Å². The van der Waals surface area contributed by atoms with Crippen molar-refractivity contribution < 1.29 is 32.6 Å². The van der Waals surface area contributed by atoms with Crippen LogP contribution in [0.25, 0.3) is 21.9 Å². The monoisotopic (exact) mass is 556 g/mol. The van der Waals surface area contributed by atoms with E-state index in [9.17, 15) is 27.9 Å². The number of aromatic nitrogens is 1. The number of ether oxygens (including phenoxy) is 1. The van der Waals surface area contributed by atoms with E-state index in [0.717, 1.165) is 28.8 Å². The van der Waals surface area contributed by atoms with Crippen LogP contribution in [-0.2, 0) is 17.4 Å². The molecule has 0 saturated heterocycles. The smallest absolute Gasteiger partial charge is 0.416 e. The number of benzene rings is 4. The van der Waals surface area contributed by atoms with Gasteiger partial charge in [-0.1, -0.05) is 54.6 Å². The van der Waals surface area contributed by atoms with Gasteiger partial charge in [0, 0.05) is 18.0 Å². The number of alkyl halides is 3. The van der Waals surface area contributed by atoms with Gasteiger partial charge in [-0.3, -0.25) is 9.78 Å². The van der Waals surface area contributed by atoms with Crippen molar-refractivity contribution in [1.82, 2.24) is 10.3 Å². The van der Waals surface area contributed by atoms with Crippen LogP contribution in [-0.4, -0.2) is 28.0 Å². The van der Waals surface area contributed by atoms with Crippen LogP contribution in [0.15, 0.2) is 109 Å². The molecule has 5 aromatic rings. The van der Waals surface area contributed by atoms with E-state index < -0.39 is 29.7 Å². The zero-order chi connectivity index (χ0) is 29.0. The lowest BCUT2D eigenvalue weighted by atomic mass is 10.0. The van der Waals surface area contributed by atoms with Gasteiger partial charge >= 0.3 is 12.1 Å². The first-order valence-corrected chi connectivity index (χ1v) is 12.6. The summed E-state index contributed by atoms with van der Waals surface area (Å²) in [6.07, 6.45) is -2.89. The van der Waals surface area contributed by atoms with Gasteiger partial charge in [0.05, 0.1) is 5.56 Å². The highest BCUT2D eigenvalue weighted by molar-refractivity contribution is 5.98. The fourth-order valence-electron chi connectivity index (χ4n) is 4.29. The molecule has 2 N–H and O–H groups in total. The van der Waals surface area contributed by atoms with Crippen molar-refractivity contribution in [1.29, 1.82) is 0 Å². The summed E-state index contributed by atoms with van der Waals surface area (Å²) in [7, 11) is 0. The molecule has 206 valence electrons. The molecule has 41 heavy (non-hydrogen) atoms. The number of pyridine rings is 1. The lowest BCUT2D eigenvalue weighted by Gasteiger charge is -2.15. The molecule has 0 bridgehead atoms. The number of carbonyl (C=O) groups is 2. The maximum Gasteiger partial charge on any atom is 0.416 e. The molecule has 4 aromatic carbocycles. The highest BCUT2D eigenvalue weighted by Crippen LogP contribution is 2.32. The van der Waals surface area contributed by atoms with Crippen molar-refractivity contribution in [3.8, 4) is 22.6 Å². The Labute approximate surface area is 233 Å². The van der Waals surface area contributed by atoms with Crippen LogP contribution in [0.3, 0.4) is 0 Å². The van der Waals surface area contributed by atoms with E-state index in [0.29, 0.717) is 16.5 Å². The SMILES string of the molecule is O=C(N[C@@H](Cc1ccc(-c2ccccc2)cc1)C(=O)O)c1cc2cc(Oc3ccc(C(F)(F)F)cc3)ccc2cn1. The van der Waals surface area contributed by atoms with Gasteiger partial charge in [-0.05, 0) is 70.6 Å². The summed E-state index contributed by atoms with van der Waals surface area (Å²) in [5.41, 5.74) is 2.00. The number of hydrogen-bond donors (Lipinski definition) is 2. The summed E-state index contributed by atoms with van der Waals surface area (Å²) in [5.74, 6) is -1.28. The molecule has 0 spiro atoms. The molecule has 5 rings (SSSR count). The predicted octanol–water partition coefficient (Wildman–Crippen LogP) is 7.14. The molecule has 0 aliphatic rings. The Morgan fingerprint density at radius 1 is 0.805 bits per heavy atom. The van der Waals surface area contributed by atoms with Gasteiger partial charge in [0.1, 0.15) is 23.2 Å². The second-order valence-electron chi connectivity index (χ2n) is 9.33. The molecule has 0 aliphatic heterocycles. The molecule has 0 unspecified atom stereocenters. The van der Waals surface area contributed by atoms with Gasteiger partial charge in [0.25, 0.3) is 5.91 Å². The summed E-state index contributed by atoms with van der Waals surface area (Å²) in [5, 5.41) is 13.6. The summed E-state index contributed by atoms with van der Waals surface area (Å²) >= 11 is 0. The number of rotatable bonds is 8. The van der Waals surface area contributed by atoms with Gasteiger partial charge < -0.3 is 15.2 Å². The Morgan fingerprint density at radius 3 is 2.12 bits per heavy atom. The normalized spacial score (nSPS) is 12.1. The Kier molecular flexibility index (Phi) is 7.69. The van der Waals surface area contributed by atoms with E-state index in [2.05, 4.69) is 10.3 Å². The van der Waals surface area contributed by atoms with Crippen molar-refractivity contribution in [3.63, 3.8) is 0 Å². The maximum atomic E-state index is 13.0. The Bertz CT molecular complexity index is 1690. The number of amides is 1. The summed E-state index contributed by atoms with van der Waals surface area (Å²) in [4.78, 5) is 29.1. The Hall–Kier alpha value is -5.18. The summed E-state index contributed by atoms with van der Waals surface area (Å²) < 4.78 is 44.1. The van der Waals surface area contributed by atoms with E-state index in [1.165, 1.54) is 24.4 Å². The van der Waals surface area contributed by atoms with Crippen LogP contribution in [0.4, 0.5) is 13.2 Å². The third-order valence-electron chi connectivity index (χ3n) is 6.45. The molecule has 0 fully saturated rings. The number of aliphatic carboxylic acids is 1. The quantitative estimate of drug-likeness (QED) is 0.212. The minimum atomic E-state index is -4.45. The number of carboxylic acid groups (broad SMARTS) is 1. The number of nitrogens with zero attached hydrogens (tertiary/aromatic N) is 1. The zero-order valence-electron chi connectivity index (χ0n) is 21.4. The van der Waals surface area contributed by atoms with Crippen LogP contribution in [0.5, 0.6) is 11.5 Å². The molecule has 1 amide bonds. The number of halogens is 3. The van der Waals surface area contributed by atoms with Crippen LogP contribution in [0.1, 0.15) is 21.6 Å². The van der Waals surface area contributed by atoms with Crippen LogP contribution in [0.2, 0.25) is 0 Å². The van der Waals surface area contributed by atoms with Crippen molar-refractivity contribution in [2.75, 3.05) is 0 Å². The van der Waals surface area contributed by atoms with E-state index in [-0.39, 0.29) is 17.9 Å². The van der Waals surface area contributed by atoms with Crippen LogP contribution >= 0.6 is 0 Å². The summed E-state index contributed by atoms with van der Waals surface area (Å²) in [6.45, 7) is 0. The fraction of sp³-hybridized carbons (Fsp3) is 0.0938. The molecule has 9 heteroatoms. The van der Waals surface area contributed by atoms with Crippen molar-refractivity contribution in [2.45, 2.75) is 18.6 Å². The first kappa shape index (κ1) is 27.4. The third kappa shape index (κ3) is 6.70. The highest BCUT2D eigenvalue weighted by atomic mass is 19.4. The topological polar surface area (TPSA) is 88.5 Å². The number of fused-ring (bicyclic) bond motifs is 1. The van der Waals surface area contributed by atoms with Crippen molar-refractivity contribution in [3.05, 3.63) is 126 Å². The number of carboxylic acids is 1. The Balaban J connectivity index is 1.28. The van der Waals surface area contributed by atoms with E-state index in [1.54, 1.807) is 18.2 Å². The molecule has 0 aliphatic carbocycles. The standard InChI is InChI=1S/C32H23F3N2O4/c33-32(34,35)25-11-14-26(15-12-25)41-27-13-10-23-19-36-28(18-24(23)17-27)30(38)37-29(31(39)40)16-20-6-8-22(9-7-20)21-4-2-1-3-5-21/h1-15,17-19,29H,16H2,(H,37,38)(H,39,40)/t29-/m0/s1. The third-order valence-corrected chi connectivity index (χ3v) is 6.45. The van der Waals surface area contributed by atoms with Gasteiger partial charge in [0.2, 0.25) is 0 Å². The van der Waals surface area contributed by atoms with E-state index >= 15 is 0 Å². The molecule has 1 atom stereocenters. The predicted molar refractivity (Wildman–Crippen MR) is 148 cm³/mol. The van der Waals surface area contributed by atoms with Gasteiger partial charge in [-0.25, -0.2) is 4.79 Å². The largest absolute Gasteiger partial charge is 0.480 e. The highest BCUT2D eigenvalue weighted by Gasteiger charge is 2.30. The van der Waals surface area contributed by atoms with E-state index in [4.69, 9.17) is 4.74 Å². The van der Waals surface area contributed by atoms with Crippen molar-refractivity contribution >= 4 is 22.6 Å². The van der Waals surface area contributed by atoms with Gasteiger partial charge in [-0.2, -0.15) is 13.2 Å². The first-order chi connectivity index (χ1) is 19.7. The minimum absolute atomic E-state index is 0.00913. The van der Waals surface area contributed by atoms with Crippen LogP contribution in [0, 0.1) is 0 Å². The molecule has 1 heterocycles. The second-order valence-corrected chi connectivity index (χ2v) is 9.33. The molecular formula is C32H23F3N2O4.